The molecule has 2 aromatic carbocycles. The highest BCUT2D eigenvalue weighted by Gasteiger charge is 2.31. The van der Waals surface area contributed by atoms with Crippen LogP contribution in [0.25, 0.3) is 0 Å². The summed E-state index contributed by atoms with van der Waals surface area (Å²) in [6.07, 6.45) is 1.98. The number of ether oxygens (including phenoxy) is 2. The molecule has 160 valence electrons. The number of thiophene rings is 1. The van der Waals surface area contributed by atoms with Gasteiger partial charge in [-0.2, -0.15) is 0 Å². The molecule has 1 aromatic heterocycles. The quantitative estimate of drug-likeness (QED) is 0.618. The van der Waals surface area contributed by atoms with E-state index in [-0.39, 0.29) is 18.0 Å². The van der Waals surface area contributed by atoms with E-state index in [0.29, 0.717) is 19.8 Å². The second kappa shape index (κ2) is 9.12. The van der Waals surface area contributed by atoms with Gasteiger partial charge in [-0.3, -0.25) is 10.1 Å². The van der Waals surface area contributed by atoms with Gasteiger partial charge in [0.25, 0.3) is 0 Å². The van der Waals surface area contributed by atoms with Crippen LogP contribution >= 0.6 is 11.3 Å². The molecule has 2 aliphatic rings. The molecule has 1 N–H and O–H groups in total. The topological polar surface area (TPSA) is 50.8 Å². The lowest BCUT2D eigenvalue weighted by atomic mass is 10.0. The summed E-state index contributed by atoms with van der Waals surface area (Å²) in [5.74, 6) is 1.70. The van der Waals surface area contributed by atoms with Gasteiger partial charge < -0.3 is 14.4 Å². The van der Waals surface area contributed by atoms with E-state index in [1.165, 1.54) is 10.4 Å². The molecule has 5 rings (SSSR count). The number of fused-ring (bicyclic) bond motifs is 1. The number of benzene rings is 2. The van der Waals surface area contributed by atoms with Gasteiger partial charge in [-0.25, -0.2) is 0 Å². The van der Waals surface area contributed by atoms with Crippen molar-refractivity contribution in [3.63, 3.8) is 0 Å². The van der Waals surface area contributed by atoms with Crippen LogP contribution in [0.5, 0.6) is 11.5 Å². The molecule has 0 radical (unpaired) electrons. The van der Waals surface area contributed by atoms with E-state index >= 15 is 0 Å². The Balaban J connectivity index is 1.30. The Morgan fingerprint density at radius 1 is 1.06 bits per heavy atom. The zero-order chi connectivity index (χ0) is 21.0. The number of carbonyl (C=O) groups is 1. The minimum Gasteiger partial charge on any atom is -0.486 e. The normalized spacial score (nSPS) is 18.7. The zero-order valence-corrected chi connectivity index (χ0v) is 18.1. The molecule has 31 heavy (non-hydrogen) atoms. The van der Waals surface area contributed by atoms with Gasteiger partial charge in [0.15, 0.2) is 11.5 Å². The lowest BCUT2D eigenvalue weighted by molar-refractivity contribution is -0.131. The highest BCUT2D eigenvalue weighted by Crippen LogP contribution is 2.38. The van der Waals surface area contributed by atoms with Crippen LogP contribution in [0.2, 0.25) is 0 Å². The number of amides is 1. The summed E-state index contributed by atoms with van der Waals surface area (Å²) in [5.41, 5.74) is 2.29. The van der Waals surface area contributed by atoms with Crippen molar-refractivity contribution in [3.05, 3.63) is 82.0 Å². The van der Waals surface area contributed by atoms with Gasteiger partial charge in [0.1, 0.15) is 13.2 Å². The number of hydrogen-bond acceptors (Lipinski definition) is 5. The molecule has 3 heterocycles. The molecule has 5 nitrogen and oxygen atoms in total. The Morgan fingerprint density at radius 3 is 2.71 bits per heavy atom. The molecule has 1 saturated heterocycles. The number of nitrogens with one attached hydrogen (secondary N) is 1. The van der Waals surface area contributed by atoms with E-state index in [0.717, 1.165) is 36.4 Å². The number of carbonyl (C=O) groups excluding carboxylic acids is 1. The van der Waals surface area contributed by atoms with Crippen molar-refractivity contribution in [2.75, 3.05) is 26.3 Å². The molecule has 2 atom stereocenters. The largest absolute Gasteiger partial charge is 0.486 e. The Labute approximate surface area is 186 Å². The van der Waals surface area contributed by atoms with Gasteiger partial charge in [0.2, 0.25) is 5.91 Å². The minimum absolute atomic E-state index is 0.0143. The lowest BCUT2D eigenvalue weighted by Crippen LogP contribution is -2.39. The van der Waals surface area contributed by atoms with E-state index in [1.807, 2.05) is 35.2 Å². The maximum atomic E-state index is 13.2. The summed E-state index contributed by atoms with van der Waals surface area (Å²) in [6, 6.07) is 20.6. The van der Waals surface area contributed by atoms with Crippen molar-refractivity contribution in [1.82, 2.24) is 10.2 Å². The van der Waals surface area contributed by atoms with Crippen LogP contribution in [-0.4, -0.2) is 37.1 Å². The fourth-order valence-corrected chi connectivity index (χ4v) is 5.28. The molecular weight excluding hydrogens is 408 g/mol. The fraction of sp³-hybridized carbons (Fsp3) is 0.320. The third-order valence-electron chi connectivity index (χ3n) is 5.94. The minimum atomic E-state index is 0.0143. The Hall–Kier alpha value is -2.83. The zero-order valence-electron chi connectivity index (χ0n) is 17.3. The van der Waals surface area contributed by atoms with E-state index in [2.05, 4.69) is 41.0 Å². The van der Waals surface area contributed by atoms with E-state index in [1.54, 1.807) is 11.3 Å². The number of likely N-dealkylation sites (tertiary alicyclic amines) is 1. The van der Waals surface area contributed by atoms with Crippen molar-refractivity contribution in [1.29, 1.82) is 0 Å². The van der Waals surface area contributed by atoms with Crippen molar-refractivity contribution in [2.24, 2.45) is 0 Å². The average Bonchev–Trinajstić information content (AvgIpc) is 3.52. The Morgan fingerprint density at radius 2 is 1.90 bits per heavy atom. The first-order valence-electron chi connectivity index (χ1n) is 10.8. The fourth-order valence-electron chi connectivity index (χ4n) is 4.45. The SMILES string of the molecule is O=C(CN[C@@H](c1ccccc1)c1cccs1)N1CCC[C@@H]1c1ccc2c(c1)OCCO2. The second-order valence-electron chi connectivity index (χ2n) is 7.89. The average molecular weight is 435 g/mol. The van der Waals surface area contributed by atoms with Crippen molar-refractivity contribution < 1.29 is 14.3 Å². The van der Waals surface area contributed by atoms with Crippen molar-refractivity contribution in [3.8, 4) is 11.5 Å². The first-order valence-corrected chi connectivity index (χ1v) is 11.7. The first kappa shape index (κ1) is 20.1. The summed E-state index contributed by atoms with van der Waals surface area (Å²) >= 11 is 1.71. The third-order valence-corrected chi connectivity index (χ3v) is 6.88. The monoisotopic (exact) mass is 434 g/mol. The first-order chi connectivity index (χ1) is 15.3. The molecule has 0 unspecified atom stereocenters. The molecule has 0 saturated carbocycles. The summed E-state index contributed by atoms with van der Waals surface area (Å²) in [7, 11) is 0. The highest BCUT2D eigenvalue weighted by molar-refractivity contribution is 7.10. The van der Waals surface area contributed by atoms with E-state index < -0.39 is 0 Å². The second-order valence-corrected chi connectivity index (χ2v) is 8.87. The highest BCUT2D eigenvalue weighted by atomic mass is 32.1. The summed E-state index contributed by atoms with van der Waals surface area (Å²) in [5, 5.41) is 5.59. The molecule has 0 aliphatic carbocycles. The Bertz CT molecular complexity index is 1020. The standard InChI is InChI=1S/C25H26N2O3S/c28-24(17-26-25(23-9-5-15-31-23)18-6-2-1-3-7-18)27-12-4-8-20(27)19-10-11-21-22(16-19)30-14-13-29-21/h1-3,5-7,9-11,15-16,20,25-26H,4,8,12-14,17H2/t20-,25+/m1/s1. The molecule has 0 spiro atoms. The van der Waals surface area contributed by atoms with Crippen LogP contribution in [0.15, 0.2) is 66.0 Å². The summed E-state index contributed by atoms with van der Waals surface area (Å²) < 4.78 is 11.4. The molecule has 3 aromatic rings. The molecule has 0 bridgehead atoms. The van der Waals surface area contributed by atoms with Gasteiger partial charge >= 0.3 is 0 Å². The van der Waals surface area contributed by atoms with Crippen LogP contribution in [-0.2, 0) is 4.79 Å². The van der Waals surface area contributed by atoms with Crippen LogP contribution in [0.1, 0.15) is 40.9 Å². The van der Waals surface area contributed by atoms with Crippen LogP contribution in [0, 0.1) is 0 Å². The molecule has 2 aliphatic heterocycles. The Kier molecular flexibility index (Phi) is 5.91. The molecule has 1 amide bonds. The van der Waals surface area contributed by atoms with Gasteiger partial charge in [-0.1, -0.05) is 42.5 Å². The van der Waals surface area contributed by atoms with Gasteiger partial charge in [0.05, 0.1) is 18.6 Å². The van der Waals surface area contributed by atoms with Crippen molar-refractivity contribution >= 4 is 17.2 Å². The molecule has 6 heteroatoms. The summed E-state index contributed by atoms with van der Waals surface area (Å²) in [6.45, 7) is 2.24. The van der Waals surface area contributed by atoms with Crippen LogP contribution < -0.4 is 14.8 Å². The van der Waals surface area contributed by atoms with E-state index in [4.69, 9.17) is 9.47 Å². The van der Waals surface area contributed by atoms with Gasteiger partial charge in [-0.05, 0) is 47.5 Å². The maximum absolute atomic E-state index is 13.2. The molecule has 1 fully saturated rings. The third kappa shape index (κ3) is 4.31. The maximum Gasteiger partial charge on any atom is 0.237 e. The number of hydrogen-bond donors (Lipinski definition) is 1. The van der Waals surface area contributed by atoms with Crippen molar-refractivity contribution in [2.45, 2.75) is 24.9 Å². The molecular formula is C25H26N2O3S. The lowest BCUT2D eigenvalue weighted by Gasteiger charge is -2.28. The summed E-state index contributed by atoms with van der Waals surface area (Å²) in [4.78, 5) is 16.5. The van der Waals surface area contributed by atoms with E-state index in [9.17, 15) is 4.79 Å². The predicted molar refractivity (Wildman–Crippen MR) is 122 cm³/mol. The number of rotatable bonds is 6. The van der Waals surface area contributed by atoms with Gasteiger partial charge in [0, 0.05) is 11.4 Å². The number of nitrogens with zero attached hydrogens (tertiary/aromatic N) is 1. The van der Waals surface area contributed by atoms with Gasteiger partial charge in [-0.15, -0.1) is 11.3 Å². The van der Waals surface area contributed by atoms with Crippen LogP contribution in [0.3, 0.4) is 0 Å². The predicted octanol–water partition coefficient (Wildman–Crippen LogP) is 4.56. The van der Waals surface area contributed by atoms with Crippen LogP contribution in [0.4, 0.5) is 0 Å². The smallest absolute Gasteiger partial charge is 0.237 e.